The van der Waals surface area contributed by atoms with Crippen LogP contribution >= 0.6 is 0 Å². The van der Waals surface area contributed by atoms with Crippen LogP contribution in [-0.2, 0) is 0 Å². The molecule has 0 saturated heterocycles. The molecule has 4 aromatic rings. The molecule has 0 radical (unpaired) electrons. The molecule has 0 atom stereocenters. The fraction of sp³-hybridized carbons (Fsp3) is 0.0435. The number of hydrogen-bond donors (Lipinski definition) is 0. The Morgan fingerprint density at radius 1 is 0.846 bits per heavy atom. The summed E-state index contributed by atoms with van der Waals surface area (Å²) < 4.78 is 5.57. The van der Waals surface area contributed by atoms with Gasteiger partial charge in [0.2, 0.25) is 0 Å². The number of ether oxygens (including phenoxy) is 1. The molecule has 0 aliphatic heterocycles. The Hall–Kier alpha value is -3.46. The number of carbonyl (C=O) groups is 1. The third-order valence-electron chi connectivity index (χ3n) is 4.21. The molecule has 0 fully saturated rings. The lowest BCUT2D eigenvalue weighted by Gasteiger charge is -2.10. The molecule has 0 amide bonds. The highest BCUT2D eigenvalue weighted by atomic mass is 16.5. The summed E-state index contributed by atoms with van der Waals surface area (Å²) in [5.74, 6) is 0.141. The molecule has 126 valence electrons. The van der Waals surface area contributed by atoms with Crippen molar-refractivity contribution in [3.05, 3.63) is 96.1 Å². The van der Waals surface area contributed by atoms with Gasteiger partial charge < -0.3 is 4.74 Å². The van der Waals surface area contributed by atoms with Crippen molar-refractivity contribution in [2.45, 2.75) is 6.92 Å². The fourth-order valence-electron chi connectivity index (χ4n) is 2.92. The van der Waals surface area contributed by atoms with Crippen LogP contribution in [0.4, 0.5) is 0 Å². The molecule has 4 rings (SSSR count). The summed E-state index contributed by atoms with van der Waals surface area (Å²) in [4.78, 5) is 17.6. The summed E-state index contributed by atoms with van der Waals surface area (Å²) in [6.07, 6.45) is 0. The summed E-state index contributed by atoms with van der Waals surface area (Å²) >= 11 is 0. The van der Waals surface area contributed by atoms with E-state index in [1.807, 2.05) is 79.7 Å². The number of aryl methyl sites for hydroxylation is 1. The van der Waals surface area contributed by atoms with Gasteiger partial charge in [-0.15, -0.1) is 0 Å². The van der Waals surface area contributed by atoms with Crippen LogP contribution in [0, 0.1) is 6.92 Å². The summed E-state index contributed by atoms with van der Waals surface area (Å²) in [5.41, 5.74) is 4.07. The molecule has 0 bridgehead atoms. The lowest BCUT2D eigenvalue weighted by atomic mass is 10.0. The number of fused-ring (bicyclic) bond motifs is 1. The van der Waals surface area contributed by atoms with Gasteiger partial charge >= 0.3 is 5.97 Å². The summed E-state index contributed by atoms with van der Waals surface area (Å²) in [7, 11) is 0. The van der Waals surface area contributed by atoms with E-state index in [0.29, 0.717) is 11.3 Å². The van der Waals surface area contributed by atoms with Crippen molar-refractivity contribution < 1.29 is 9.53 Å². The van der Waals surface area contributed by atoms with E-state index in [9.17, 15) is 4.79 Å². The van der Waals surface area contributed by atoms with Gasteiger partial charge in [-0.2, -0.15) is 0 Å². The Balaban J connectivity index is 1.85. The molecule has 0 N–H and O–H groups in total. The van der Waals surface area contributed by atoms with Crippen LogP contribution in [0.5, 0.6) is 5.75 Å². The minimum Gasteiger partial charge on any atom is -0.423 e. The Bertz CT molecular complexity index is 1070. The molecule has 0 unspecified atom stereocenters. The minimum absolute atomic E-state index is 0.383. The van der Waals surface area contributed by atoms with Gasteiger partial charge in [-0.1, -0.05) is 60.2 Å². The van der Waals surface area contributed by atoms with E-state index in [0.717, 1.165) is 27.7 Å². The Morgan fingerprint density at radius 3 is 2.27 bits per heavy atom. The van der Waals surface area contributed by atoms with Crippen LogP contribution < -0.4 is 4.74 Å². The largest absolute Gasteiger partial charge is 0.423 e. The predicted molar refractivity (Wildman–Crippen MR) is 103 cm³/mol. The monoisotopic (exact) mass is 339 g/mol. The Morgan fingerprint density at radius 2 is 1.54 bits per heavy atom. The van der Waals surface area contributed by atoms with E-state index >= 15 is 0 Å². The second-order valence-electron chi connectivity index (χ2n) is 6.14. The molecule has 3 aromatic carbocycles. The summed E-state index contributed by atoms with van der Waals surface area (Å²) in [5, 5.41) is 0.797. The lowest BCUT2D eigenvalue weighted by Crippen LogP contribution is -2.10. The third-order valence-corrected chi connectivity index (χ3v) is 4.21. The van der Waals surface area contributed by atoms with Gasteiger partial charge in [-0.25, -0.2) is 9.78 Å². The van der Waals surface area contributed by atoms with Crippen molar-refractivity contribution in [1.29, 1.82) is 0 Å². The van der Waals surface area contributed by atoms with Crippen LogP contribution in [0.3, 0.4) is 0 Å². The summed E-state index contributed by atoms with van der Waals surface area (Å²) in [6.45, 7) is 2.00. The number of carbonyl (C=O) groups excluding carboxylic acids is 1. The first-order valence-corrected chi connectivity index (χ1v) is 8.45. The first-order chi connectivity index (χ1) is 12.7. The molecule has 0 aliphatic carbocycles. The highest BCUT2D eigenvalue weighted by Crippen LogP contribution is 2.26. The van der Waals surface area contributed by atoms with Gasteiger partial charge in [0.25, 0.3) is 0 Å². The molecule has 3 heteroatoms. The highest BCUT2D eigenvalue weighted by Gasteiger charge is 2.16. The van der Waals surface area contributed by atoms with Crippen LogP contribution in [0.1, 0.15) is 15.9 Å². The number of para-hydroxylation sites is 1. The van der Waals surface area contributed by atoms with Gasteiger partial charge in [0, 0.05) is 10.9 Å². The zero-order valence-electron chi connectivity index (χ0n) is 14.3. The van der Waals surface area contributed by atoms with Crippen LogP contribution in [0.25, 0.3) is 22.2 Å². The van der Waals surface area contributed by atoms with E-state index in [-0.39, 0.29) is 5.97 Å². The Kier molecular flexibility index (Phi) is 4.20. The second kappa shape index (κ2) is 6.81. The SMILES string of the molecule is Cc1ccc2nc(-c3ccccc3)cc(C(=O)Oc3ccccc3)c2c1. The molecule has 1 heterocycles. The first-order valence-electron chi connectivity index (χ1n) is 8.45. The quantitative estimate of drug-likeness (QED) is 0.369. The average Bonchev–Trinajstić information content (AvgIpc) is 2.68. The van der Waals surface area contributed by atoms with Gasteiger partial charge in [0.15, 0.2) is 0 Å². The first kappa shape index (κ1) is 16.0. The highest BCUT2D eigenvalue weighted by molar-refractivity contribution is 6.05. The maximum absolute atomic E-state index is 12.9. The normalized spacial score (nSPS) is 10.7. The number of nitrogens with zero attached hydrogens (tertiary/aromatic N) is 1. The van der Waals surface area contributed by atoms with Crippen molar-refractivity contribution in [2.24, 2.45) is 0 Å². The van der Waals surface area contributed by atoms with Crippen LogP contribution in [0.15, 0.2) is 84.9 Å². The number of hydrogen-bond acceptors (Lipinski definition) is 3. The smallest absolute Gasteiger partial charge is 0.344 e. The van der Waals surface area contributed by atoms with Gasteiger partial charge in [0.1, 0.15) is 5.75 Å². The molecule has 0 spiro atoms. The molecular weight excluding hydrogens is 322 g/mol. The van der Waals surface area contributed by atoms with Gasteiger partial charge in [-0.3, -0.25) is 0 Å². The predicted octanol–water partition coefficient (Wildman–Crippen LogP) is 5.43. The van der Waals surface area contributed by atoms with E-state index < -0.39 is 0 Å². The van der Waals surface area contributed by atoms with Crippen molar-refractivity contribution in [3.8, 4) is 17.0 Å². The maximum Gasteiger partial charge on any atom is 0.344 e. The minimum atomic E-state index is -0.383. The van der Waals surface area contributed by atoms with Crippen molar-refractivity contribution in [2.75, 3.05) is 0 Å². The second-order valence-corrected chi connectivity index (χ2v) is 6.14. The number of esters is 1. The zero-order valence-corrected chi connectivity index (χ0v) is 14.3. The molecule has 0 aliphatic rings. The molecule has 0 saturated carbocycles. The van der Waals surface area contributed by atoms with Crippen molar-refractivity contribution in [1.82, 2.24) is 4.98 Å². The van der Waals surface area contributed by atoms with E-state index in [4.69, 9.17) is 9.72 Å². The number of rotatable bonds is 3. The molecule has 1 aromatic heterocycles. The lowest BCUT2D eigenvalue weighted by molar-refractivity contribution is 0.0737. The third kappa shape index (κ3) is 3.20. The van der Waals surface area contributed by atoms with E-state index in [1.54, 1.807) is 12.1 Å². The fourth-order valence-corrected chi connectivity index (χ4v) is 2.92. The van der Waals surface area contributed by atoms with Gasteiger partial charge in [0.05, 0.1) is 16.8 Å². The maximum atomic E-state index is 12.9. The number of benzene rings is 3. The van der Waals surface area contributed by atoms with Crippen molar-refractivity contribution >= 4 is 16.9 Å². The molecular formula is C23H17NO2. The molecule has 3 nitrogen and oxygen atoms in total. The van der Waals surface area contributed by atoms with E-state index in [1.165, 1.54) is 0 Å². The molecule has 26 heavy (non-hydrogen) atoms. The van der Waals surface area contributed by atoms with Crippen molar-refractivity contribution in [3.63, 3.8) is 0 Å². The summed E-state index contributed by atoms with van der Waals surface area (Å²) in [6, 6.07) is 26.7. The average molecular weight is 339 g/mol. The van der Waals surface area contributed by atoms with Crippen LogP contribution in [0.2, 0.25) is 0 Å². The number of pyridine rings is 1. The topological polar surface area (TPSA) is 39.2 Å². The Labute approximate surface area is 151 Å². The standard InChI is InChI=1S/C23H17NO2/c1-16-12-13-21-19(14-16)20(23(25)26-18-10-6-3-7-11-18)15-22(24-21)17-8-4-2-5-9-17/h2-15H,1H3. The number of aromatic nitrogens is 1. The van der Waals surface area contributed by atoms with Gasteiger partial charge in [-0.05, 0) is 37.3 Å². The van der Waals surface area contributed by atoms with Crippen LogP contribution in [-0.4, -0.2) is 11.0 Å². The zero-order chi connectivity index (χ0) is 17.9. The van der Waals surface area contributed by atoms with E-state index in [2.05, 4.69) is 0 Å².